The SMILES string of the molecule is COc1ccc(-c2onc(C)c2C)cc1S(=O)(=O)NCc1ccc2c(c1)OCO2. The molecule has 0 radical (unpaired) electrons. The molecule has 3 aromatic rings. The number of nitrogens with one attached hydrogen (secondary N) is 1. The van der Waals surface area contributed by atoms with Crippen molar-refractivity contribution in [2.75, 3.05) is 13.9 Å². The van der Waals surface area contributed by atoms with Crippen molar-refractivity contribution in [3.05, 3.63) is 53.2 Å². The van der Waals surface area contributed by atoms with Crippen molar-refractivity contribution in [1.29, 1.82) is 0 Å². The Kier molecular flexibility index (Phi) is 4.93. The van der Waals surface area contributed by atoms with E-state index in [9.17, 15) is 8.42 Å². The van der Waals surface area contributed by atoms with Gasteiger partial charge in [-0.05, 0) is 49.7 Å². The van der Waals surface area contributed by atoms with Gasteiger partial charge < -0.3 is 18.7 Å². The van der Waals surface area contributed by atoms with Crippen molar-refractivity contribution in [3.8, 4) is 28.6 Å². The van der Waals surface area contributed by atoms with E-state index in [1.807, 2.05) is 13.8 Å². The lowest BCUT2D eigenvalue weighted by molar-refractivity contribution is 0.174. The first kappa shape index (κ1) is 19.3. The maximum atomic E-state index is 13.0. The van der Waals surface area contributed by atoms with Crippen LogP contribution in [0.5, 0.6) is 17.2 Å². The van der Waals surface area contributed by atoms with Crippen LogP contribution in [0.4, 0.5) is 0 Å². The molecule has 0 atom stereocenters. The third-order valence-electron chi connectivity index (χ3n) is 4.78. The maximum absolute atomic E-state index is 13.0. The summed E-state index contributed by atoms with van der Waals surface area (Å²) < 4.78 is 49.8. The highest BCUT2D eigenvalue weighted by Crippen LogP contribution is 2.34. The maximum Gasteiger partial charge on any atom is 0.244 e. The molecule has 2 heterocycles. The monoisotopic (exact) mass is 416 g/mol. The second-order valence-corrected chi connectivity index (χ2v) is 8.34. The average Bonchev–Trinajstić information content (AvgIpc) is 3.32. The van der Waals surface area contributed by atoms with Gasteiger partial charge in [-0.3, -0.25) is 0 Å². The van der Waals surface area contributed by atoms with Gasteiger partial charge in [0.15, 0.2) is 17.3 Å². The molecule has 29 heavy (non-hydrogen) atoms. The van der Waals surface area contributed by atoms with Crippen LogP contribution in [0.1, 0.15) is 16.8 Å². The fourth-order valence-electron chi connectivity index (χ4n) is 3.02. The average molecular weight is 416 g/mol. The largest absolute Gasteiger partial charge is 0.495 e. The zero-order valence-electron chi connectivity index (χ0n) is 16.2. The molecule has 0 saturated heterocycles. The van der Waals surface area contributed by atoms with E-state index in [1.165, 1.54) is 13.2 Å². The number of aromatic nitrogens is 1. The van der Waals surface area contributed by atoms with E-state index in [0.717, 1.165) is 16.8 Å². The van der Waals surface area contributed by atoms with Gasteiger partial charge in [0.2, 0.25) is 16.8 Å². The summed E-state index contributed by atoms with van der Waals surface area (Å²) in [4.78, 5) is 0.0201. The molecular formula is C20H20N2O6S. The summed E-state index contributed by atoms with van der Waals surface area (Å²) in [5.74, 6) is 2.00. The first-order chi connectivity index (χ1) is 13.9. The molecule has 0 amide bonds. The number of methoxy groups -OCH3 is 1. The van der Waals surface area contributed by atoms with Crippen molar-refractivity contribution in [2.24, 2.45) is 0 Å². The smallest absolute Gasteiger partial charge is 0.244 e. The Hall–Kier alpha value is -3.04. The van der Waals surface area contributed by atoms with Crippen LogP contribution in [-0.4, -0.2) is 27.5 Å². The van der Waals surface area contributed by atoms with Crippen LogP contribution < -0.4 is 18.9 Å². The van der Waals surface area contributed by atoms with E-state index in [1.54, 1.807) is 30.3 Å². The second kappa shape index (κ2) is 7.41. The van der Waals surface area contributed by atoms with Crippen molar-refractivity contribution in [2.45, 2.75) is 25.3 Å². The molecule has 9 heteroatoms. The topological polar surface area (TPSA) is 99.9 Å². The van der Waals surface area contributed by atoms with Gasteiger partial charge in [0.1, 0.15) is 10.6 Å². The Bertz CT molecular complexity index is 1170. The molecule has 0 aliphatic carbocycles. The highest BCUT2D eigenvalue weighted by molar-refractivity contribution is 7.89. The van der Waals surface area contributed by atoms with Crippen LogP contribution in [0.15, 0.2) is 45.8 Å². The fraction of sp³-hybridized carbons (Fsp3) is 0.250. The highest BCUT2D eigenvalue weighted by Gasteiger charge is 2.23. The number of aryl methyl sites for hydroxylation is 1. The second-order valence-electron chi connectivity index (χ2n) is 6.60. The number of sulfonamides is 1. The minimum atomic E-state index is -3.86. The number of ether oxygens (including phenoxy) is 3. The van der Waals surface area contributed by atoms with E-state index in [4.69, 9.17) is 18.7 Å². The van der Waals surface area contributed by atoms with E-state index in [0.29, 0.717) is 22.8 Å². The molecule has 152 valence electrons. The standard InChI is InChI=1S/C20H20N2O6S/c1-12-13(2)22-28-20(12)15-5-7-17(25-3)19(9-15)29(23,24)21-10-14-4-6-16-18(8-14)27-11-26-16/h4-9,21H,10-11H2,1-3H3. The van der Waals surface area contributed by atoms with Crippen molar-refractivity contribution >= 4 is 10.0 Å². The lowest BCUT2D eigenvalue weighted by Crippen LogP contribution is -2.23. The minimum absolute atomic E-state index is 0.0201. The molecule has 4 rings (SSSR count). The molecule has 1 aromatic heterocycles. The first-order valence-corrected chi connectivity index (χ1v) is 10.4. The molecule has 2 aromatic carbocycles. The summed E-state index contributed by atoms with van der Waals surface area (Å²) in [6.07, 6.45) is 0. The van der Waals surface area contributed by atoms with Gasteiger partial charge in [0, 0.05) is 17.7 Å². The third kappa shape index (κ3) is 3.66. The summed E-state index contributed by atoms with van der Waals surface area (Å²) in [5.41, 5.74) is 2.95. The first-order valence-electron chi connectivity index (χ1n) is 8.88. The Balaban J connectivity index is 1.63. The number of nitrogens with zero attached hydrogens (tertiary/aromatic N) is 1. The highest BCUT2D eigenvalue weighted by atomic mass is 32.2. The summed E-state index contributed by atoms with van der Waals surface area (Å²) in [6, 6.07) is 10.1. The van der Waals surface area contributed by atoms with Crippen LogP contribution in [0.3, 0.4) is 0 Å². The van der Waals surface area contributed by atoms with Gasteiger partial charge in [-0.2, -0.15) is 0 Å². The molecule has 0 bridgehead atoms. The molecule has 8 nitrogen and oxygen atoms in total. The van der Waals surface area contributed by atoms with E-state index >= 15 is 0 Å². The fourth-order valence-corrected chi connectivity index (χ4v) is 4.23. The molecule has 1 aliphatic heterocycles. The Morgan fingerprint density at radius 3 is 2.62 bits per heavy atom. The Labute approximate surface area is 168 Å². The van der Waals surface area contributed by atoms with E-state index < -0.39 is 10.0 Å². The lowest BCUT2D eigenvalue weighted by atomic mass is 10.1. The number of benzene rings is 2. The number of rotatable bonds is 6. The summed E-state index contributed by atoms with van der Waals surface area (Å²) in [7, 11) is -2.43. The lowest BCUT2D eigenvalue weighted by Gasteiger charge is -2.12. The van der Waals surface area contributed by atoms with Gasteiger partial charge in [-0.15, -0.1) is 0 Å². The zero-order chi connectivity index (χ0) is 20.6. The minimum Gasteiger partial charge on any atom is -0.495 e. The van der Waals surface area contributed by atoms with Crippen LogP contribution >= 0.6 is 0 Å². The Morgan fingerprint density at radius 1 is 1.10 bits per heavy atom. The number of fused-ring (bicyclic) bond motifs is 1. The molecule has 0 fully saturated rings. The molecule has 0 unspecified atom stereocenters. The van der Waals surface area contributed by atoms with Gasteiger partial charge in [0.25, 0.3) is 0 Å². The van der Waals surface area contributed by atoms with Crippen molar-refractivity contribution < 1.29 is 27.2 Å². The zero-order valence-corrected chi connectivity index (χ0v) is 17.0. The van der Waals surface area contributed by atoms with Crippen LogP contribution in [0, 0.1) is 13.8 Å². The number of hydrogen-bond acceptors (Lipinski definition) is 7. The van der Waals surface area contributed by atoms with Crippen LogP contribution in [0.25, 0.3) is 11.3 Å². The third-order valence-corrected chi connectivity index (χ3v) is 6.20. The molecule has 1 N–H and O–H groups in total. The van der Waals surface area contributed by atoms with Gasteiger partial charge >= 0.3 is 0 Å². The predicted octanol–water partition coefficient (Wildman–Crippen LogP) is 3.17. The summed E-state index contributed by atoms with van der Waals surface area (Å²) in [5, 5.41) is 3.94. The molecule has 0 spiro atoms. The van der Waals surface area contributed by atoms with Gasteiger partial charge in [0.05, 0.1) is 12.8 Å². The summed E-state index contributed by atoms with van der Waals surface area (Å²) >= 11 is 0. The molecule has 1 aliphatic rings. The van der Waals surface area contributed by atoms with Crippen molar-refractivity contribution in [1.82, 2.24) is 9.88 Å². The molecule has 0 saturated carbocycles. The Morgan fingerprint density at radius 2 is 1.90 bits per heavy atom. The number of hydrogen-bond donors (Lipinski definition) is 1. The van der Waals surface area contributed by atoms with Crippen LogP contribution in [0.2, 0.25) is 0 Å². The van der Waals surface area contributed by atoms with Crippen LogP contribution in [-0.2, 0) is 16.6 Å². The normalized spacial score (nSPS) is 12.9. The predicted molar refractivity (Wildman–Crippen MR) is 105 cm³/mol. The van der Waals surface area contributed by atoms with Gasteiger partial charge in [-0.25, -0.2) is 13.1 Å². The molecular weight excluding hydrogens is 396 g/mol. The van der Waals surface area contributed by atoms with E-state index in [2.05, 4.69) is 9.88 Å². The summed E-state index contributed by atoms with van der Waals surface area (Å²) in [6.45, 7) is 3.95. The van der Waals surface area contributed by atoms with E-state index in [-0.39, 0.29) is 24.0 Å². The quantitative estimate of drug-likeness (QED) is 0.659. The van der Waals surface area contributed by atoms with Crippen molar-refractivity contribution in [3.63, 3.8) is 0 Å². The van der Waals surface area contributed by atoms with Gasteiger partial charge in [-0.1, -0.05) is 11.2 Å².